The molecule has 0 saturated carbocycles. The summed E-state index contributed by atoms with van der Waals surface area (Å²) >= 11 is 5.41. The molecular formula is C5H9ClO4S. The van der Waals surface area contributed by atoms with E-state index in [-0.39, 0.29) is 12.7 Å². The highest BCUT2D eigenvalue weighted by Gasteiger charge is 2.29. The summed E-state index contributed by atoms with van der Waals surface area (Å²) in [6.07, 6.45) is 1.03. The molecule has 1 rings (SSSR count). The monoisotopic (exact) mass is 200 g/mol. The van der Waals surface area contributed by atoms with Crippen molar-refractivity contribution >= 4 is 22.0 Å². The first-order valence-corrected chi connectivity index (χ1v) is 5.14. The summed E-state index contributed by atoms with van der Waals surface area (Å²) in [5, 5.41) is 0. The van der Waals surface area contributed by atoms with Crippen molar-refractivity contribution in [2.45, 2.75) is 18.9 Å². The summed E-state index contributed by atoms with van der Waals surface area (Å²) in [4.78, 5) is 0. The van der Waals surface area contributed by atoms with Gasteiger partial charge in [-0.2, -0.15) is 8.42 Å². The molecule has 0 aromatic rings. The highest BCUT2D eigenvalue weighted by molar-refractivity contribution is 7.82. The molecule has 1 aliphatic rings. The van der Waals surface area contributed by atoms with Gasteiger partial charge in [-0.15, -0.1) is 11.6 Å². The first-order chi connectivity index (χ1) is 5.14. The Morgan fingerprint density at radius 2 is 2.27 bits per heavy atom. The molecule has 6 heteroatoms. The van der Waals surface area contributed by atoms with Crippen molar-refractivity contribution in [2.24, 2.45) is 0 Å². The van der Waals surface area contributed by atoms with Gasteiger partial charge in [0, 0.05) is 5.88 Å². The maximum Gasteiger partial charge on any atom is 0.400 e. The Hall–Kier alpha value is 0.160. The van der Waals surface area contributed by atoms with Crippen molar-refractivity contribution in [2.75, 3.05) is 12.5 Å². The zero-order valence-corrected chi connectivity index (χ0v) is 7.40. The minimum absolute atomic E-state index is 0.124. The molecular weight excluding hydrogens is 192 g/mol. The molecule has 1 aliphatic heterocycles. The topological polar surface area (TPSA) is 52.6 Å². The summed E-state index contributed by atoms with van der Waals surface area (Å²) in [7, 11) is -3.67. The van der Waals surface area contributed by atoms with Crippen LogP contribution in [0.4, 0.5) is 0 Å². The third-order valence-electron chi connectivity index (χ3n) is 1.31. The van der Waals surface area contributed by atoms with E-state index in [1.807, 2.05) is 0 Å². The average Bonchev–Trinajstić information content (AvgIpc) is 2.26. The highest BCUT2D eigenvalue weighted by Crippen LogP contribution is 2.16. The standard InChI is InChI=1S/C5H9ClO4S/c6-3-1-2-5-4-9-11(7,8)10-5/h5H,1-4H2. The average molecular weight is 201 g/mol. The SMILES string of the molecule is O=S1(=O)OCC(CCCCl)O1. The van der Waals surface area contributed by atoms with Gasteiger partial charge in [-0.3, -0.25) is 0 Å². The molecule has 0 aromatic carbocycles. The van der Waals surface area contributed by atoms with E-state index in [4.69, 9.17) is 11.6 Å². The molecule has 1 fully saturated rings. The van der Waals surface area contributed by atoms with E-state index in [2.05, 4.69) is 8.37 Å². The van der Waals surface area contributed by atoms with Crippen LogP contribution in [0.2, 0.25) is 0 Å². The number of halogens is 1. The Morgan fingerprint density at radius 1 is 1.55 bits per heavy atom. The second-order valence-electron chi connectivity index (χ2n) is 2.24. The van der Waals surface area contributed by atoms with Crippen LogP contribution in [-0.2, 0) is 18.8 Å². The zero-order valence-electron chi connectivity index (χ0n) is 5.82. The van der Waals surface area contributed by atoms with Crippen molar-refractivity contribution in [3.63, 3.8) is 0 Å². The fourth-order valence-electron chi connectivity index (χ4n) is 0.818. The zero-order chi connectivity index (χ0) is 8.32. The van der Waals surface area contributed by atoms with Crippen molar-refractivity contribution in [1.82, 2.24) is 0 Å². The lowest BCUT2D eigenvalue weighted by molar-refractivity contribution is 0.223. The molecule has 0 bridgehead atoms. The molecule has 1 heterocycles. The van der Waals surface area contributed by atoms with E-state index in [0.29, 0.717) is 12.3 Å². The Balaban J connectivity index is 2.31. The van der Waals surface area contributed by atoms with Crippen LogP contribution in [0.25, 0.3) is 0 Å². The molecule has 0 spiro atoms. The number of rotatable bonds is 3. The number of hydrogen-bond acceptors (Lipinski definition) is 4. The largest absolute Gasteiger partial charge is 0.400 e. The fourth-order valence-corrected chi connectivity index (χ4v) is 1.83. The van der Waals surface area contributed by atoms with Gasteiger partial charge in [-0.1, -0.05) is 0 Å². The van der Waals surface area contributed by atoms with E-state index in [9.17, 15) is 8.42 Å². The van der Waals surface area contributed by atoms with Crippen LogP contribution in [0, 0.1) is 0 Å². The van der Waals surface area contributed by atoms with Crippen LogP contribution in [0.5, 0.6) is 0 Å². The second kappa shape index (κ2) is 3.71. The molecule has 1 unspecified atom stereocenters. The maximum atomic E-state index is 10.5. The van der Waals surface area contributed by atoms with Gasteiger partial charge in [0.2, 0.25) is 0 Å². The molecule has 0 amide bonds. The second-order valence-corrected chi connectivity index (χ2v) is 3.86. The van der Waals surface area contributed by atoms with Gasteiger partial charge in [-0.25, -0.2) is 8.37 Å². The van der Waals surface area contributed by atoms with Crippen LogP contribution >= 0.6 is 11.6 Å². The van der Waals surface area contributed by atoms with Crippen molar-refractivity contribution in [3.05, 3.63) is 0 Å². The van der Waals surface area contributed by atoms with Gasteiger partial charge in [0.25, 0.3) is 0 Å². The quantitative estimate of drug-likeness (QED) is 0.629. The third-order valence-corrected chi connectivity index (χ3v) is 2.51. The maximum absolute atomic E-state index is 10.5. The van der Waals surface area contributed by atoms with Crippen molar-refractivity contribution in [3.8, 4) is 0 Å². The molecule has 1 saturated heterocycles. The Labute approximate surface area is 70.8 Å². The summed E-state index contributed by atoms with van der Waals surface area (Å²) in [5.74, 6) is 0.514. The molecule has 1 atom stereocenters. The minimum Gasteiger partial charge on any atom is -0.245 e. The Morgan fingerprint density at radius 3 is 2.73 bits per heavy atom. The van der Waals surface area contributed by atoms with E-state index in [0.717, 1.165) is 6.42 Å². The summed E-state index contributed by atoms with van der Waals surface area (Å²) < 4.78 is 30.0. The van der Waals surface area contributed by atoms with E-state index in [1.165, 1.54) is 0 Å². The van der Waals surface area contributed by atoms with Crippen LogP contribution in [0.15, 0.2) is 0 Å². The molecule has 0 aliphatic carbocycles. The first-order valence-electron chi connectivity index (χ1n) is 3.27. The molecule has 66 valence electrons. The normalized spacial score (nSPS) is 29.0. The van der Waals surface area contributed by atoms with Gasteiger partial charge in [0.15, 0.2) is 0 Å². The van der Waals surface area contributed by atoms with Crippen molar-refractivity contribution in [1.29, 1.82) is 0 Å². The molecule has 0 N–H and O–H groups in total. The van der Waals surface area contributed by atoms with Gasteiger partial charge in [-0.05, 0) is 12.8 Å². The van der Waals surface area contributed by atoms with Crippen molar-refractivity contribution < 1.29 is 16.8 Å². The smallest absolute Gasteiger partial charge is 0.245 e. The predicted molar refractivity (Wildman–Crippen MR) is 39.7 cm³/mol. The molecule has 0 radical (unpaired) electrons. The van der Waals surface area contributed by atoms with Crippen LogP contribution in [0.1, 0.15) is 12.8 Å². The Bertz CT molecular complexity index is 213. The van der Waals surface area contributed by atoms with Gasteiger partial charge in [0.05, 0.1) is 6.61 Å². The fraction of sp³-hybridized carbons (Fsp3) is 1.00. The lowest BCUT2D eigenvalue weighted by atomic mass is 10.2. The highest BCUT2D eigenvalue weighted by atomic mass is 35.5. The van der Waals surface area contributed by atoms with E-state index in [1.54, 1.807) is 0 Å². The van der Waals surface area contributed by atoms with Crippen LogP contribution in [-0.4, -0.2) is 27.0 Å². The summed E-state index contributed by atoms with van der Waals surface area (Å²) in [6, 6.07) is 0. The number of alkyl halides is 1. The Kier molecular flexibility index (Phi) is 3.12. The lowest BCUT2D eigenvalue weighted by Gasteiger charge is -2.01. The summed E-state index contributed by atoms with van der Waals surface area (Å²) in [5.41, 5.74) is 0. The van der Waals surface area contributed by atoms with E-state index < -0.39 is 10.4 Å². The molecule has 4 nitrogen and oxygen atoms in total. The molecule has 0 aromatic heterocycles. The van der Waals surface area contributed by atoms with E-state index >= 15 is 0 Å². The first kappa shape index (κ1) is 9.25. The predicted octanol–water partition coefficient (Wildman–Crippen LogP) is 0.666. The summed E-state index contributed by atoms with van der Waals surface area (Å²) in [6.45, 7) is 0.124. The molecule has 11 heavy (non-hydrogen) atoms. The minimum atomic E-state index is -3.67. The van der Waals surface area contributed by atoms with Gasteiger partial charge < -0.3 is 0 Å². The lowest BCUT2D eigenvalue weighted by Crippen LogP contribution is -2.09. The van der Waals surface area contributed by atoms with Gasteiger partial charge in [0.1, 0.15) is 6.10 Å². The third kappa shape index (κ3) is 2.94. The number of hydrogen-bond donors (Lipinski definition) is 0. The van der Waals surface area contributed by atoms with Crippen LogP contribution in [0.3, 0.4) is 0 Å². The van der Waals surface area contributed by atoms with Gasteiger partial charge >= 0.3 is 10.4 Å². The van der Waals surface area contributed by atoms with Crippen LogP contribution < -0.4 is 0 Å².